The highest BCUT2D eigenvalue weighted by atomic mass is 15.4. The first-order valence-corrected chi connectivity index (χ1v) is 6.84. The molecule has 1 saturated heterocycles. The highest BCUT2D eigenvalue weighted by Gasteiger charge is 2.31. The first-order valence-electron chi connectivity index (χ1n) is 6.84. The van der Waals surface area contributed by atoms with E-state index in [1.54, 1.807) is 0 Å². The molecule has 3 heterocycles. The van der Waals surface area contributed by atoms with E-state index in [9.17, 15) is 0 Å². The molecule has 0 bridgehead atoms. The van der Waals surface area contributed by atoms with Crippen LogP contribution in [0.5, 0.6) is 0 Å². The lowest BCUT2D eigenvalue weighted by Crippen LogP contribution is -2.53. The van der Waals surface area contributed by atoms with E-state index in [2.05, 4.69) is 38.5 Å². The van der Waals surface area contributed by atoms with Crippen LogP contribution < -0.4 is 0 Å². The number of nitrogens with zero attached hydrogens (tertiary/aromatic N) is 5. The van der Waals surface area contributed by atoms with Crippen LogP contribution in [-0.2, 0) is 0 Å². The second-order valence-corrected chi connectivity index (χ2v) is 5.09. The van der Waals surface area contributed by atoms with Crippen molar-refractivity contribution in [2.24, 2.45) is 9.98 Å². The Balaban J connectivity index is 1.73. The number of aliphatic imine (C=N–C) groups is 2. The zero-order chi connectivity index (χ0) is 12.5. The average molecular weight is 247 g/mol. The van der Waals surface area contributed by atoms with Crippen LogP contribution in [0.1, 0.15) is 13.8 Å². The lowest BCUT2D eigenvalue weighted by atomic mass is 10.2. The van der Waals surface area contributed by atoms with Crippen LogP contribution in [0.3, 0.4) is 0 Å². The Labute approximate surface area is 108 Å². The first kappa shape index (κ1) is 11.7. The van der Waals surface area contributed by atoms with E-state index in [1.165, 1.54) is 0 Å². The van der Waals surface area contributed by atoms with Crippen molar-refractivity contribution < 1.29 is 0 Å². The van der Waals surface area contributed by atoms with E-state index in [-0.39, 0.29) is 0 Å². The number of hydrogen-bond donors (Lipinski definition) is 0. The minimum absolute atomic E-state index is 0.471. The number of rotatable bonds is 1. The Bertz CT molecular complexity index is 404. The zero-order valence-corrected chi connectivity index (χ0v) is 11.2. The van der Waals surface area contributed by atoms with Crippen molar-refractivity contribution in [1.29, 1.82) is 0 Å². The number of amidine groups is 2. The van der Waals surface area contributed by atoms with Gasteiger partial charge in [0.25, 0.3) is 0 Å². The Morgan fingerprint density at radius 2 is 2.00 bits per heavy atom. The van der Waals surface area contributed by atoms with Crippen LogP contribution in [0.15, 0.2) is 22.4 Å². The third-order valence-electron chi connectivity index (χ3n) is 3.97. The van der Waals surface area contributed by atoms with E-state index >= 15 is 0 Å². The Morgan fingerprint density at radius 3 is 2.72 bits per heavy atom. The molecule has 0 aliphatic carbocycles. The summed E-state index contributed by atoms with van der Waals surface area (Å²) in [6.45, 7) is 10.8. The van der Waals surface area contributed by atoms with E-state index in [1.807, 2.05) is 12.4 Å². The van der Waals surface area contributed by atoms with Gasteiger partial charge in [-0.3, -0.25) is 4.99 Å². The maximum atomic E-state index is 4.64. The molecule has 98 valence electrons. The summed E-state index contributed by atoms with van der Waals surface area (Å²) in [5, 5.41) is 0. The summed E-state index contributed by atoms with van der Waals surface area (Å²) >= 11 is 0. The smallest absolute Gasteiger partial charge is 0.172 e. The van der Waals surface area contributed by atoms with Crippen LogP contribution in [0.2, 0.25) is 0 Å². The number of likely N-dealkylation sites (N-methyl/N-ethyl adjacent to an activating group) is 1. The number of fused-ring (bicyclic) bond motifs is 1. The van der Waals surface area contributed by atoms with Crippen molar-refractivity contribution in [1.82, 2.24) is 14.7 Å². The van der Waals surface area contributed by atoms with Gasteiger partial charge >= 0.3 is 0 Å². The summed E-state index contributed by atoms with van der Waals surface area (Å²) in [6, 6.07) is 0.471. The Morgan fingerprint density at radius 1 is 1.22 bits per heavy atom. The molecule has 0 radical (unpaired) electrons. The molecule has 3 aliphatic heterocycles. The fourth-order valence-electron chi connectivity index (χ4n) is 2.73. The lowest BCUT2D eigenvalue weighted by molar-refractivity contribution is 0.190. The summed E-state index contributed by atoms with van der Waals surface area (Å²) < 4.78 is 0. The third-order valence-corrected chi connectivity index (χ3v) is 3.97. The predicted octanol–water partition coefficient (Wildman–Crippen LogP) is 0.610. The first-order chi connectivity index (χ1) is 8.79. The molecule has 0 aromatic carbocycles. The number of piperazine rings is 1. The fraction of sp³-hybridized carbons (Fsp3) is 0.692. The normalized spacial score (nSPS) is 28.2. The largest absolute Gasteiger partial charge is 0.351 e. The van der Waals surface area contributed by atoms with Crippen LogP contribution in [0.4, 0.5) is 0 Å². The van der Waals surface area contributed by atoms with Gasteiger partial charge in [-0.25, -0.2) is 4.99 Å². The molecular weight excluding hydrogens is 226 g/mol. The zero-order valence-electron chi connectivity index (χ0n) is 11.2. The summed E-state index contributed by atoms with van der Waals surface area (Å²) in [7, 11) is 0. The fourth-order valence-corrected chi connectivity index (χ4v) is 2.73. The van der Waals surface area contributed by atoms with Crippen molar-refractivity contribution in [3.63, 3.8) is 0 Å². The summed E-state index contributed by atoms with van der Waals surface area (Å²) in [6.07, 6.45) is 3.95. The molecule has 0 aromatic heterocycles. The molecule has 5 heteroatoms. The molecule has 1 atom stereocenters. The van der Waals surface area contributed by atoms with Crippen molar-refractivity contribution >= 4 is 11.7 Å². The second-order valence-electron chi connectivity index (χ2n) is 5.09. The molecular formula is C13H21N5. The van der Waals surface area contributed by atoms with Gasteiger partial charge < -0.3 is 14.7 Å². The minimum Gasteiger partial charge on any atom is -0.351 e. The van der Waals surface area contributed by atoms with Gasteiger partial charge in [0, 0.05) is 38.6 Å². The summed E-state index contributed by atoms with van der Waals surface area (Å²) in [5.74, 6) is 2.13. The maximum Gasteiger partial charge on any atom is 0.172 e. The van der Waals surface area contributed by atoms with Gasteiger partial charge in [0.05, 0.1) is 12.6 Å². The number of hydrogen-bond acceptors (Lipinski definition) is 5. The van der Waals surface area contributed by atoms with E-state index in [0.717, 1.165) is 50.9 Å². The molecule has 18 heavy (non-hydrogen) atoms. The van der Waals surface area contributed by atoms with E-state index in [0.29, 0.717) is 6.04 Å². The molecule has 5 nitrogen and oxygen atoms in total. The maximum absolute atomic E-state index is 4.64. The molecule has 1 fully saturated rings. The molecule has 3 aliphatic rings. The monoisotopic (exact) mass is 247 g/mol. The van der Waals surface area contributed by atoms with Crippen molar-refractivity contribution in [2.45, 2.75) is 19.9 Å². The highest BCUT2D eigenvalue weighted by Crippen LogP contribution is 2.18. The molecule has 3 rings (SSSR count). The van der Waals surface area contributed by atoms with Gasteiger partial charge in [0.15, 0.2) is 11.7 Å². The quantitative estimate of drug-likeness (QED) is 0.681. The SMILES string of the molecule is CCN1CCN(C2=NC=CN3C2=NC[C@H]3C)CC1. The molecule has 0 saturated carbocycles. The van der Waals surface area contributed by atoms with Gasteiger partial charge in [-0.1, -0.05) is 6.92 Å². The van der Waals surface area contributed by atoms with Gasteiger partial charge in [-0.2, -0.15) is 0 Å². The standard InChI is InChI=1S/C13H21N5/c1-3-16-6-8-17(9-7-16)12-13-15-10-11(2)18(13)5-4-14-12/h4-5,11H,3,6-10H2,1-2H3/t11-/m1/s1. The van der Waals surface area contributed by atoms with Crippen LogP contribution in [0.25, 0.3) is 0 Å². The van der Waals surface area contributed by atoms with Gasteiger partial charge in [-0.05, 0) is 13.5 Å². The highest BCUT2D eigenvalue weighted by molar-refractivity contribution is 6.41. The molecule has 0 amide bonds. The summed E-state index contributed by atoms with van der Waals surface area (Å²) in [5.41, 5.74) is 0. The molecule has 0 unspecified atom stereocenters. The van der Waals surface area contributed by atoms with Crippen molar-refractivity contribution in [3.05, 3.63) is 12.4 Å². The second kappa shape index (κ2) is 4.72. The van der Waals surface area contributed by atoms with Crippen LogP contribution in [-0.4, -0.2) is 71.7 Å². The van der Waals surface area contributed by atoms with Crippen LogP contribution in [0, 0.1) is 0 Å². The Kier molecular flexibility index (Phi) is 3.07. The van der Waals surface area contributed by atoms with E-state index in [4.69, 9.17) is 0 Å². The van der Waals surface area contributed by atoms with Crippen LogP contribution >= 0.6 is 0 Å². The van der Waals surface area contributed by atoms with Gasteiger partial charge in [0.1, 0.15) is 0 Å². The predicted molar refractivity (Wildman–Crippen MR) is 73.9 cm³/mol. The minimum atomic E-state index is 0.471. The van der Waals surface area contributed by atoms with Crippen molar-refractivity contribution in [2.75, 3.05) is 39.3 Å². The average Bonchev–Trinajstić information content (AvgIpc) is 2.81. The topological polar surface area (TPSA) is 34.4 Å². The van der Waals surface area contributed by atoms with E-state index < -0.39 is 0 Å². The van der Waals surface area contributed by atoms with Gasteiger partial charge in [0.2, 0.25) is 0 Å². The van der Waals surface area contributed by atoms with Gasteiger partial charge in [-0.15, -0.1) is 0 Å². The summed E-state index contributed by atoms with van der Waals surface area (Å²) in [4.78, 5) is 16.3. The molecule has 0 N–H and O–H groups in total. The molecule has 0 spiro atoms. The Hall–Kier alpha value is -1.36. The lowest BCUT2D eigenvalue weighted by Gasteiger charge is -2.37. The molecule has 0 aromatic rings. The third kappa shape index (κ3) is 1.92. The van der Waals surface area contributed by atoms with Crippen molar-refractivity contribution in [3.8, 4) is 0 Å².